The molecule has 0 aliphatic heterocycles. The molecule has 0 aliphatic carbocycles. The first-order valence-corrected chi connectivity index (χ1v) is 11.4. The van der Waals surface area contributed by atoms with E-state index in [2.05, 4.69) is 17.2 Å². The van der Waals surface area contributed by atoms with Crippen LogP contribution in [0.5, 0.6) is 5.75 Å². The van der Waals surface area contributed by atoms with Gasteiger partial charge in [-0.2, -0.15) is 0 Å². The molecule has 0 spiro atoms. The van der Waals surface area contributed by atoms with Crippen molar-refractivity contribution in [2.45, 2.75) is 59.8 Å². The molecule has 2 aromatic carbocycles. The summed E-state index contributed by atoms with van der Waals surface area (Å²) in [6, 6.07) is 6.33. The van der Waals surface area contributed by atoms with Crippen LogP contribution >= 0.6 is 0 Å². The van der Waals surface area contributed by atoms with Crippen molar-refractivity contribution in [1.82, 2.24) is 9.88 Å². The van der Waals surface area contributed by atoms with E-state index < -0.39 is 12.1 Å². The second-order valence-electron chi connectivity index (χ2n) is 8.83. The maximum Gasteiger partial charge on any atom is 0.330 e. The number of carbonyl (C=O) groups excluding carboxylic acids is 2. The van der Waals surface area contributed by atoms with E-state index >= 15 is 0 Å². The number of aromatic hydroxyl groups is 1. The Morgan fingerprint density at radius 3 is 2.56 bits per heavy atom. The van der Waals surface area contributed by atoms with Gasteiger partial charge in [-0.05, 0) is 42.9 Å². The lowest BCUT2D eigenvalue weighted by Crippen LogP contribution is -2.45. The van der Waals surface area contributed by atoms with Gasteiger partial charge < -0.3 is 21.1 Å². The zero-order valence-corrected chi connectivity index (χ0v) is 19.4. The third-order valence-electron chi connectivity index (χ3n) is 5.87. The molecule has 0 saturated carbocycles. The van der Waals surface area contributed by atoms with E-state index in [1.54, 1.807) is 0 Å². The molecular formula is C25H34N4O3. The number of H-pyrrole nitrogens is 1. The van der Waals surface area contributed by atoms with Crippen LogP contribution in [0, 0.1) is 12.8 Å². The quantitative estimate of drug-likeness (QED) is 0.254. The number of anilines is 1. The number of hydrogen-bond acceptors (Lipinski definition) is 3. The molecule has 4 amide bonds. The van der Waals surface area contributed by atoms with Crippen molar-refractivity contribution in [3.8, 4) is 5.75 Å². The van der Waals surface area contributed by atoms with E-state index in [9.17, 15) is 14.7 Å². The number of unbranched alkanes of at least 4 members (excludes halogenated alkanes) is 3. The first kappa shape index (κ1) is 23.4. The summed E-state index contributed by atoms with van der Waals surface area (Å²) in [7, 11) is 0. The highest BCUT2D eigenvalue weighted by Crippen LogP contribution is 2.43. The molecule has 0 aliphatic rings. The van der Waals surface area contributed by atoms with Gasteiger partial charge in [0.25, 0.3) is 0 Å². The van der Waals surface area contributed by atoms with Gasteiger partial charge in [0.1, 0.15) is 5.75 Å². The molecule has 7 heteroatoms. The summed E-state index contributed by atoms with van der Waals surface area (Å²) in [6.07, 6.45) is 5.31. The van der Waals surface area contributed by atoms with Crippen molar-refractivity contribution in [1.29, 1.82) is 0 Å². The number of aromatic nitrogens is 1. The average Bonchev–Trinajstić information content (AvgIpc) is 3.13. The third-order valence-corrected chi connectivity index (χ3v) is 5.87. The zero-order chi connectivity index (χ0) is 23.4. The Kier molecular flexibility index (Phi) is 7.28. The molecular weight excluding hydrogens is 404 g/mol. The highest BCUT2D eigenvalue weighted by molar-refractivity contribution is 6.19. The van der Waals surface area contributed by atoms with Crippen molar-refractivity contribution in [3.63, 3.8) is 0 Å². The van der Waals surface area contributed by atoms with Crippen molar-refractivity contribution >= 4 is 39.6 Å². The number of carbonyl (C=O) groups is 2. The molecule has 172 valence electrons. The largest absolute Gasteiger partial charge is 0.505 e. The summed E-state index contributed by atoms with van der Waals surface area (Å²) in [5, 5.41) is 15.6. The summed E-state index contributed by atoms with van der Waals surface area (Å²) >= 11 is 0. The third kappa shape index (κ3) is 4.66. The van der Waals surface area contributed by atoms with E-state index in [4.69, 9.17) is 5.73 Å². The minimum Gasteiger partial charge on any atom is -0.505 e. The Bertz CT molecular complexity index is 1130. The topological polar surface area (TPSA) is 111 Å². The highest BCUT2D eigenvalue weighted by Gasteiger charge is 2.25. The number of amides is 4. The minimum atomic E-state index is -0.824. The van der Waals surface area contributed by atoms with Crippen LogP contribution in [-0.4, -0.2) is 33.6 Å². The lowest BCUT2D eigenvalue weighted by Gasteiger charge is -2.22. The van der Waals surface area contributed by atoms with Crippen LogP contribution in [0.1, 0.15) is 57.6 Å². The van der Waals surface area contributed by atoms with Gasteiger partial charge in [-0.25, -0.2) is 14.5 Å². The number of phenolic OH excluding ortho intramolecular Hbond substituents is 1. The second-order valence-corrected chi connectivity index (χ2v) is 8.83. The molecule has 0 bridgehead atoms. The fraction of sp³-hybridized carbons (Fsp3) is 0.440. The number of para-hydroxylation sites is 1. The molecule has 1 heterocycles. The molecule has 0 unspecified atom stereocenters. The van der Waals surface area contributed by atoms with E-state index in [1.165, 1.54) is 6.42 Å². The number of urea groups is 2. The molecule has 3 aromatic rings. The number of rotatable bonds is 8. The summed E-state index contributed by atoms with van der Waals surface area (Å²) in [5.41, 5.74) is 9.36. The number of benzene rings is 2. The van der Waals surface area contributed by atoms with Crippen LogP contribution in [0.25, 0.3) is 21.8 Å². The molecule has 7 nitrogen and oxygen atoms in total. The summed E-state index contributed by atoms with van der Waals surface area (Å²) < 4.78 is 0. The van der Waals surface area contributed by atoms with Gasteiger partial charge in [0.15, 0.2) is 0 Å². The van der Waals surface area contributed by atoms with E-state index in [0.717, 1.165) is 63.5 Å². The molecule has 1 aromatic heterocycles. The van der Waals surface area contributed by atoms with Crippen molar-refractivity contribution in [2.24, 2.45) is 11.7 Å². The monoisotopic (exact) mass is 438 g/mol. The number of imide groups is 1. The normalized spacial score (nSPS) is 11.4. The summed E-state index contributed by atoms with van der Waals surface area (Å²) in [5.74, 6) is 0.0808. The SMILES string of the molecule is CCCCCCc1c(C)c(O)c(NC(=O)N(CC(C)C)C(N)=O)c2c1[nH]c1ccccc12. The zero-order valence-electron chi connectivity index (χ0n) is 19.4. The second kappa shape index (κ2) is 9.94. The number of aromatic amines is 1. The lowest BCUT2D eigenvalue weighted by molar-refractivity contribution is 0.194. The fourth-order valence-corrected chi connectivity index (χ4v) is 4.24. The first-order chi connectivity index (χ1) is 15.3. The molecule has 3 rings (SSSR count). The van der Waals surface area contributed by atoms with E-state index in [-0.39, 0.29) is 18.2 Å². The van der Waals surface area contributed by atoms with Gasteiger partial charge in [-0.1, -0.05) is 58.2 Å². The number of hydrogen-bond donors (Lipinski definition) is 4. The smallest absolute Gasteiger partial charge is 0.330 e. The van der Waals surface area contributed by atoms with Crippen LogP contribution in [0.3, 0.4) is 0 Å². The Hall–Kier alpha value is -3.22. The van der Waals surface area contributed by atoms with Crippen LogP contribution < -0.4 is 11.1 Å². The van der Waals surface area contributed by atoms with Gasteiger partial charge in [0, 0.05) is 22.8 Å². The number of nitrogens with zero attached hydrogens (tertiary/aromatic N) is 1. The fourth-order valence-electron chi connectivity index (χ4n) is 4.24. The average molecular weight is 439 g/mol. The lowest BCUT2D eigenvalue weighted by atomic mass is 9.96. The van der Waals surface area contributed by atoms with E-state index in [0.29, 0.717) is 5.69 Å². The number of phenols is 1. The minimum absolute atomic E-state index is 0.0232. The Morgan fingerprint density at radius 2 is 1.91 bits per heavy atom. The van der Waals surface area contributed by atoms with Crippen molar-refractivity contribution < 1.29 is 14.7 Å². The number of aryl methyl sites for hydroxylation is 1. The molecule has 0 radical (unpaired) electrons. The Morgan fingerprint density at radius 1 is 1.19 bits per heavy atom. The number of fused-ring (bicyclic) bond motifs is 3. The summed E-state index contributed by atoms with van der Waals surface area (Å²) in [6.45, 7) is 8.03. The van der Waals surface area contributed by atoms with Crippen LogP contribution in [-0.2, 0) is 6.42 Å². The van der Waals surface area contributed by atoms with Gasteiger partial charge in [0.2, 0.25) is 0 Å². The van der Waals surface area contributed by atoms with Crippen LogP contribution in [0.4, 0.5) is 15.3 Å². The van der Waals surface area contributed by atoms with Crippen LogP contribution in [0.15, 0.2) is 24.3 Å². The molecule has 0 atom stereocenters. The van der Waals surface area contributed by atoms with Crippen molar-refractivity contribution in [2.75, 3.05) is 11.9 Å². The maximum absolute atomic E-state index is 13.0. The van der Waals surface area contributed by atoms with Crippen molar-refractivity contribution in [3.05, 3.63) is 35.4 Å². The molecule has 0 saturated heterocycles. The predicted molar refractivity (Wildman–Crippen MR) is 130 cm³/mol. The van der Waals surface area contributed by atoms with Gasteiger partial charge in [-0.15, -0.1) is 0 Å². The summed E-state index contributed by atoms with van der Waals surface area (Å²) in [4.78, 5) is 29.3. The number of nitrogens with two attached hydrogens (primary N) is 1. The standard InChI is InChI=1S/C25H34N4O3/c1-5-6-7-8-11-17-16(4)23(30)22(28-25(32)29(24(26)31)14-15(2)3)20-18-12-9-10-13-19(18)27-21(17)20/h9-10,12-13,15,27,30H,5-8,11,14H2,1-4H3,(H2,26,31)(H,28,32). The molecule has 5 N–H and O–H groups in total. The predicted octanol–water partition coefficient (Wildman–Crippen LogP) is 6.03. The van der Waals surface area contributed by atoms with Gasteiger partial charge in [0.05, 0.1) is 11.2 Å². The van der Waals surface area contributed by atoms with Gasteiger partial charge >= 0.3 is 12.1 Å². The highest BCUT2D eigenvalue weighted by atomic mass is 16.3. The number of nitrogens with one attached hydrogen (secondary N) is 2. The van der Waals surface area contributed by atoms with E-state index in [1.807, 2.05) is 45.0 Å². The first-order valence-electron chi connectivity index (χ1n) is 11.4. The molecule has 0 fully saturated rings. The molecule has 32 heavy (non-hydrogen) atoms. The van der Waals surface area contributed by atoms with Gasteiger partial charge in [-0.3, -0.25) is 0 Å². The number of primary amides is 1. The Balaban J connectivity index is 2.13. The Labute approximate surface area is 189 Å². The van der Waals surface area contributed by atoms with Crippen LogP contribution in [0.2, 0.25) is 0 Å². The maximum atomic E-state index is 13.0.